The van der Waals surface area contributed by atoms with Crippen molar-refractivity contribution in [3.8, 4) is 67.3 Å². The number of fused-ring (bicyclic) bond motifs is 3. The Morgan fingerprint density at radius 1 is 0.291 bits per heavy atom. The highest BCUT2D eigenvalue weighted by Gasteiger charge is 2.46. The highest BCUT2D eigenvalue weighted by Crippen LogP contribution is 2.58. The van der Waals surface area contributed by atoms with Crippen LogP contribution in [-0.2, 0) is 5.41 Å². The zero-order valence-electron chi connectivity index (χ0n) is 30.2. The first-order valence-corrected chi connectivity index (χ1v) is 18.8. The van der Waals surface area contributed by atoms with E-state index in [9.17, 15) is 0 Å². The lowest BCUT2D eigenvalue weighted by Crippen LogP contribution is -2.28. The van der Waals surface area contributed by atoms with Crippen LogP contribution in [0.3, 0.4) is 0 Å². The zero-order valence-corrected chi connectivity index (χ0v) is 30.2. The molecule has 0 fully saturated rings. The average molecular weight is 701 g/mol. The first kappa shape index (κ1) is 32.5. The number of hydrogen-bond donors (Lipinski definition) is 0. The van der Waals surface area contributed by atoms with Gasteiger partial charge in [-0.2, -0.15) is 0 Å². The van der Waals surface area contributed by atoms with E-state index in [1.54, 1.807) is 0 Å². The summed E-state index contributed by atoms with van der Waals surface area (Å²) in [6.45, 7) is 0. The number of benzene rings is 8. The summed E-state index contributed by atoms with van der Waals surface area (Å²) in [4.78, 5) is 10.2. The van der Waals surface area contributed by atoms with Crippen LogP contribution in [0.4, 0.5) is 0 Å². The van der Waals surface area contributed by atoms with Gasteiger partial charge in [-0.1, -0.05) is 212 Å². The predicted octanol–water partition coefficient (Wildman–Crippen LogP) is 13.2. The maximum atomic E-state index is 5.13. The normalized spacial score (nSPS) is 12.5. The molecule has 2 nitrogen and oxygen atoms in total. The Kier molecular flexibility index (Phi) is 8.08. The standard InChI is InChI=1S/C53H36N2/c1-5-16-37(17-6-1)38-28-32-40(33-29-38)49-36-50(55-52(54-49)42-18-7-2-8-19-42)41-34-30-39(31-35-41)45-25-15-27-48-51(45)46-24-13-14-26-47(46)53(48,43-20-9-3-10-21-43)44-22-11-4-12-23-44/h1-36H. The van der Waals surface area contributed by atoms with Gasteiger partial charge in [-0.05, 0) is 61.7 Å². The van der Waals surface area contributed by atoms with Crippen LogP contribution in [0.5, 0.6) is 0 Å². The minimum Gasteiger partial charge on any atom is -0.228 e. The van der Waals surface area contributed by atoms with Crippen molar-refractivity contribution >= 4 is 0 Å². The van der Waals surface area contributed by atoms with Gasteiger partial charge in [-0.3, -0.25) is 0 Å². The summed E-state index contributed by atoms with van der Waals surface area (Å²) in [5, 5.41) is 0. The van der Waals surface area contributed by atoms with Gasteiger partial charge in [0.25, 0.3) is 0 Å². The Balaban J connectivity index is 1.09. The molecule has 1 aliphatic carbocycles. The summed E-state index contributed by atoms with van der Waals surface area (Å²) in [5.74, 6) is 0.708. The topological polar surface area (TPSA) is 25.8 Å². The molecule has 0 spiro atoms. The summed E-state index contributed by atoms with van der Waals surface area (Å²) in [5.41, 5.74) is 16.9. The molecule has 0 radical (unpaired) electrons. The maximum absolute atomic E-state index is 5.13. The molecular weight excluding hydrogens is 665 g/mol. The molecular formula is C53H36N2. The minimum atomic E-state index is -0.436. The fourth-order valence-electron chi connectivity index (χ4n) is 8.48. The molecule has 0 aliphatic heterocycles. The van der Waals surface area contributed by atoms with E-state index in [1.165, 1.54) is 55.6 Å². The molecule has 0 atom stereocenters. The molecule has 0 bridgehead atoms. The van der Waals surface area contributed by atoms with Crippen LogP contribution < -0.4 is 0 Å². The molecule has 8 aromatic carbocycles. The fourth-order valence-corrected chi connectivity index (χ4v) is 8.48. The molecule has 1 aliphatic rings. The van der Waals surface area contributed by atoms with E-state index < -0.39 is 5.41 Å². The van der Waals surface area contributed by atoms with Crippen molar-refractivity contribution in [2.75, 3.05) is 0 Å². The van der Waals surface area contributed by atoms with Crippen LogP contribution in [0.2, 0.25) is 0 Å². The van der Waals surface area contributed by atoms with Crippen LogP contribution in [0.15, 0.2) is 218 Å². The average Bonchev–Trinajstić information content (AvgIpc) is 3.59. The van der Waals surface area contributed by atoms with Crippen molar-refractivity contribution in [2.45, 2.75) is 5.41 Å². The molecule has 0 saturated heterocycles. The molecule has 0 unspecified atom stereocenters. The zero-order chi connectivity index (χ0) is 36.6. The summed E-state index contributed by atoms with van der Waals surface area (Å²) in [7, 11) is 0. The van der Waals surface area contributed by atoms with Gasteiger partial charge >= 0.3 is 0 Å². The Bertz CT molecular complexity index is 2720. The fraction of sp³-hybridized carbons (Fsp3) is 0.0189. The smallest absolute Gasteiger partial charge is 0.160 e. The second-order valence-electron chi connectivity index (χ2n) is 14.1. The monoisotopic (exact) mass is 700 g/mol. The molecule has 0 N–H and O–H groups in total. The molecule has 9 aromatic rings. The second kappa shape index (κ2) is 13.7. The van der Waals surface area contributed by atoms with Crippen LogP contribution in [0, 0.1) is 0 Å². The molecule has 2 heteroatoms. The third kappa shape index (κ3) is 5.59. The number of aromatic nitrogens is 2. The Hall–Kier alpha value is -7.16. The van der Waals surface area contributed by atoms with Gasteiger partial charge in [0, 0.05) is 16.7 Å². The van der Waals surface area contributed by atoms with Gasteiger partial charge < -0.3 is 0 Å². The SMILES string of the molecule is c1ccc(-c2ccc(-c3cc(-c4ccc(-c5cccc6c5-c5ccccc5C6(c5ccccc5)c5ccccc5)cc4)nc(-c4ccccc4)n3)cc2)cc1. The molecule has 1 aromatic heterocycles. The third-order valence-corrected chi connectivity index (χ3v) is 11.0. The molecule has 1 heterocycles. The van der Waals surface area contributed by atoms with E-state index in [2.05, 4.69) is 194 Å². The first-order chi connectivity index (χ1) is 27.3. The minimum absolute atomic E-state index is 0.436. The van der Waals surface area contributed by atoms with Crippen LogP contribution in [0.1, 0.15) is 22.3 Å². The van der Waals surface area contributed by atoms with Gasteiger partial charge in [0.05, 0.1) is 16.8 Å². The van der Waals surface area contributed by atoms with Crippen molar-refractivity contribution < 1.29 is 0 Å². The molecule has 10 rings (SSSR count). The van der Waals surface area contributed by atoms with Gasteiger partial charge in [0.15, 0.2) is 5.82 Å². The van der Waals surface area contributed by atoms with Crippen molar-refractivity contribution in [1.29, 1.82) is 0 Å². The number of nitrogens with zero attached hydrogens (tertiary/aromatic N) is 2. The lowest BCUT2D eigenvalue weighted by molar-refractivity contribution is 0.768. The Morgan fingerprint density at radius 3 is 1.29 bits per heavy atom. The summed E-state index contributed by atoms with van der Waals surface area (Å²) in [6, 6.07) is 78.1. The highest BCUT2D eigenvalue weighted by molar-refractivity contribution is 5.95. The van der Waals surface area contributed by atoms with E-state index in [1.807, 2.05) is 24.3 Å². The summed E-state index contributed by atoms with van der Waals surface area (Å²) >= 11 is 0. The second-order valence-corrected chi connectivity index (χ2v) is 14.1. The Morgan fingerprint density at radius 2 is 0.709 bits per heavy atom. The van der Waals surface area contributed by atoms with Gasteiger partial charge in [0.1, 0.15) is 0 Å². The van der Waals surface area contributed by atoms with E-state index in [0.29, 0.717) is 5.82 Å². The molecule has 258 valence electrons. The lowest BCUT2D eigenvalue weighted by atomic mass is 9.67. The van der Waals surface area contributed by atoms with Gasteiger partial charge in [-0.25, -0.2) is 9.97 Å². The van der Waals surface area contributed by atoms with E-state index in [4.69, 9.17) is 9.97 Å². The number of hydrogen-bond acceptors (Lipinski definition) is 2. The van der Waals surface area contributed by atoms with E-state index in [0.717, 1.165) is 28.1 Å². The largest absolute Gasteiger partial charge is 0.228 e. The van der Waals surface area contributed by atoms with Crippen molar-refractivity contribution in [2.24, 2.45) is 0 Å². The third-order valence-electron chi connectivity index (χ3n) is 11.0. The summed E-state index contributed by atoms with van der Waals surface area (Å²) < 4.78 is 0. The van der Waals surface area contributed by atoms with E-state index >= 15 is 0 Å². The molecule has 0 saturated carbocycles. The molecule has 55 heavy (non-hydrogen) atoms. The van der Waals surface area contributed by atoms with Crippen LogP contribution in [0.25, 0.3) is 67.3 Å². The van der Waals surface area contributed by atoms with Crippen molar-refractivity contribution in [1.82, 2.24) is 9.97 Å². The lowest BCUT2D eigenvalue weighted by Gasteiger charge is -2.34. The molecule has 0 amide bonds. The maximum Gasteiger partial charge on any atom is 0.160 e. The van der Waals surface area contributed by atoms with Crippen molar-refractivity contribution in [3.05, 3.63) is 241 Å². The predicted molar refractivity (Wildman–Crippen MR) is 227 cm³/mol. The Labute approximate surface area is 322 Å². The van der Waals surface area contributed by atoms with E-state index in [-0.39, 0.29) is 0 Å². The number of rotatable bonds is 7. The van der Waals surface area contributed by atoms with Crippen molar-refractivity contribution in [3.63, 3.8) is 0 Å². The first-order valence-electron chi connectivity index (χ1n) is 18.8. The van der Waals surface area contributed by atoms with Gasteiger partial charge in [0.2, 0.25) is 0 Å². The van der Waals surface area contributed by atoms with Crippen LogP contribution in [-0.4, -0.2) is 9.97 Å². The van der Waals surface area contributed by atoms with Gasteiger partial charge in [-0.15, -0.1) is 0 Å². The highest BCUT2D eigenvalue weighted by atomic mass is 14.9. The van der Waals surface area contributed by atoms with Crippen LogP contribution >= 0.6 is 0 Å². The quantitative estimate of drug-likeness (QED) is 0.165. The summed E-state index contributed by atoms with van der Waals surface area (Å²) in [6.07, 6.45) is 0.